The van der Waals surface area contributed by atoms with Crippen LogP contribution in [0.1, 0.15) is 0 Å². The predicted molar refractivity (Wildman–Crippen MR) is 72.3 cm³/mol. The molecule has 3 aromatic rings. The predicted octanol–water partition coefficient (Wildman–Crippen LogP) is 3.51. The van der Waals surface area contributed by atoms with Crippen molar-refractivity contribution in [3.63, 3.8) is 0 Å². The Morgan fingerprint density at radius 1 is 1.41 bits per heavy atom. The molecule has 0 aliphatic carbocycles. The molecule has 0 aliphatic rings. The molecule has 0 bridgehead atoms. The summed E-state index contributed by atoms with van der Waals surface area (Å²) in [6, 6.07) is 0. The number of nitrogens with zero attached hydrogens (tertiary/aromatic N) is 4. The topological polar surface area (TPSA) is 43.6 Å². The van der Waals surface area contributed by atoms with Gasteiger partial charge in [0, 0.05) is 25.0 Å². The lowest BCUT2D eigenvalue weighted by Crippen LogP contribution is -1.83. The highest BCUT2D eigenvalue weighted by molar-refractivity contribution is 9.10. The van der Waals surface area contributed by atoms with Crippen molar-refractivity contribution in [2.75, 3.05) is 0 Å². The highest BCUT2D eigenvalue weighted by Gasteiger charge is 2.13. The van der Waals surface area contributed by atoms with Gasteiger partial charge in [0.25, 0.3) is 0 Å². The summed E-state index contributed by atoms with van der Waals surface area (Å²) in [6.45, 7) is 0. The van der Waals surface area contributed by atoms with Gasteiger partial charge in [0.15, 0.2) is 0 Å². The molecule has 7 heteroatoms. The zero-order chi connectivity index (χ0) is 12.0. The van der Waals surface area contributed by atoms with Gasteiger partial charge >= 0.3 is 0 Å². The molecule has 0 saturated carbocycles. The average Bonchev–Trinajstić information content (AvgIpc) is 2.90. The molecule has 86 valence electrons. The normalized spacial score (nSPS) is 11.2. The van der Waals surface area contributed by atoms with E-state index in [0.717, 1.165) is 25.4 Å². The molecule has 0 atom stereocenters. The molecule has 0 N–H and O–H groups in total. The summed E-state index contributed by atoms with van der Waals surface area (Å²) in [6.07, 6.45) is 5.31. The molecular weight excluding hydrogens is 324 g/mol. The van der Waals surface area contributed by atoms with Crippen molar-refractivity contribution in [1.29, 1.82) is 0 Å². The zero-order valence-corrected chi connectivity index (χ0v) is 11.8. The molecule has 0 amide bonds. The number of thiazole rings is 1. The largest absolute Gasteiger partial charge is 0.275 e. The minimum Gasteiger partial charge on any atom is -0.275 e. The smallest absolute Gasteiger partial charge is 0.127 e. The van der Waals surface area contributed by atoms with Crippen molar-refractivity contribution >= 4 is 49.1 Å². The van der Waals surface area contributed by atoms with E-state index in [9.17, 15) is 0 Å². The Morgan fingerprint density at radius 2 is 2.24 bits per heavy atom. The van der Waals surface area contributed by atoms with Gasteiger partial charge in [-0.2, -0.15) is 5.10 Å². The first-order valence-corrected chi connectivity index (χ1v) is 6.73. The number of halogens is 2. The molecular formula is C10H6BrClN4S. The number of fused-ring (bicyclic) bond motifs is 1. The van der Waals surface area contributed by atoms with Crippen LogP contribution in [0.15, 0.2) is 23.2 Å². The second-order valence-corrected chi connectivity index (χ2v) is 5.65. The lowest BCUT2D eigenvalue weighted by atomic mass is 10.4. The van der Waals surface area contributed by atoms with E-state index >= 15 is 0 Å². The summed E-state index contributed by atoms with van der Waals surface area (Å²) < 4.78 is 3.47. The summed E-state index contributed by atoms with van der Waals surface area (Å²) in [7, 11) is 1.88. The maximum absolute atomic E-state index is 6.08. The van der Waals surface area contributed by atoms with Crippen LogP contribution in [0.25, 0.3) is 20.8 Å². The number of hydrogen-bond donors (Lipinski definition) is 0. The van der Waals surface area contributed by atoms with E-state index in [-0.39, 0.29) is 0 Å². The van der Waals surface area contributed by atoms with Gasteiger partial charge in [0.05, 0.1) is 15.9 Å². The van der Waals surface area contributed by atoms with Crippen LogP contribution in [0.4, 0.5) is 0 Å². The van der Waals surface area contributed by atoms with Crippen LogP contribution in [-0.4, -0.2) is 19.7 Å². The first-order chi connectivity index (χ1) is 8.15. The van der Waals surface area contributed by atoms with Gasteiger partial charge in [-0.1, -0.05) is 11.6 Å². The van der Waals surface area contributed by atoms with Gasteiger partial charge in [-0.25, -0.2) is 9.97 Å². The molecule has 3 aromatic heterocycles. The third kappa shape index (κ3) is 1.86. The van der Waals surface area contributed by atoms with Crippen molar-refractivity contribution in [3.8, 4) is 10.6 Å². The van der Waals surface area contributed by atoms with Crippen LogP contribution in [0.2, 0.25) is 5.02 Å². The Hall–Kier alpha value is -0.980. The lowest BCUT2D eigenvalue weighted by molar-refractivity contribution is 0.768. The van der Waals surface area contributed by atoms with Crippen LogP contribution < -0.4 is 0 Å². The van der Waals surface area contributed by atoms with E-state index in [0.29, 0.717) is 5.02 Å². The quantitative estimate of drug-likeness (QED) is 0.642. The van der Waals surface area contributed by atoms with Crippen LogP contribution in [0.3, 0.4) is 0 Å². The van der Waals surface area contributed by atoms with Gasteiger partial charge in [-0.15, -0.1) is 11.3 Å². The standard InChI is InChI=1S/C10H6BrClN4S/c1-16-4-5(2-14-16)10-15-7-6(12)3-13-9(11)8(7)17-10/h2-4H,1H3. The molecule has 4 nitrogen and oxygen atoms in total. The Bertz CT molecular complexity index is 666. The number of rotatable bonds is 1. The highest BCUT2D eigenvalue weighted by Crippen LogP contribution is 2.36. The number of aromatic nitrogens is 4. The summed E-state index contributed by atoms with van der Waals surface area (Å²) in [4.78, 5) is 8.67. The Balaban J connectivity index is 2.26. The zero-order valence-electron chi connectivity index (χ0n) is 8.69. The number of aryl methyl sites for hydroxylation is 1. The number of pyridine rings is 1. The Kier molecular flexibility index (Phi) is 2.65. The maximum Gasteiger partial charge on any atom is 0.127 e. The summed E-state index contributed by atoms with van der Waals surface area (Å²) in [5, 5.41) is 5.59. The van der Waals surface area contributed by atoms with Crippen LogP contribution in [-0.2, 0) is 7.05 Å². The van der Waals surface area contributed by atoms with Crippen molar-refractivity contribution in [2.45, 2.75) is 0 Å². The third-order valence-electron chi connectivity index (χ3n) is 2.28. The maximum atomic E-state index is 6.08. The average molecular weight is 330 g/mol. The molecule has 0 spiro atoms. The molecule has 17 heavy (non-hydrogen) atoms. The van der Waals surface area contributed by atoms with Gasteiger partial charge in [0.1, 0.15) is 15.1 Å². The van der Waals surface area contributed by atoms with Crippen molar-refractivity contribution < 1.29 is 0 Å². The molecule has 0 unspecified atom stereocenters. The molecule has 0 saturated heterocycles. The Labute approximate surface area is 114 Å². The van der Waals surface area contributed by atoms with E-state index < -0.39 is 0 Å². The number of hydrogen-bond acceptors (Lipinski definition) is 4. The van der Waals surface area contributed by atoms with Gasteiger partial charge < -0.3 is 0 Å². The lowest BCUT2D eigenvalue weighted by Gasteiger charge is -1.92. The molecule has 3 rings (SSSR count). The van der Waals surface area contributed by atoms with Crippen LogP contribution in [0, 0.1) is 0 Å². The summed E-state index contributed by atoms with van der Waals surface area (Å²) in [5.41, 5.74) is 1.76. The summed E-state index contributed by atoms with van der Waals surface area (Å²) in [5.74, 6) is 0. The van der Waals surface area contributed by atoms with E-state index in [4.69, 9.17) is 11.6 Å². The first kappa shape index (κ1) is 11.1. The molecule has 0 aliphatic heterocycles. The monoisotopic (exact) mass is 328 g/mol. The Morgan fingerprint density at radius 3 is 2.88 bits per heavy atom. The van der Waals surface area contributed by atoms with Crippen molar-refractivity contribution in [1.82, 2.24) is 19.7 Å². The van der Waals surface area contributed by atoms with Crippen LogP contribution >= 0.6 is 38.9 Å². The van der Waals surface area contributed by atoms with Gasteiger partial charge in [0.2, 0.25) is 0 Å². The molecule has 0 aromatic carbocycles. The fourth-order valence-electron chi connectivity index (χ4n) is 1.51. The van der Waals surface area contributed by atoms with E-state index in [1.807, 2.05) is 13.2 Å². The van der Waals surface area contributed by atoms with E-state index in [2.05, 4.69) is 31.0 Å². The second kappa shape index (κ2) is 4.04. The minimum absolute atomic E-state index is 0.564. The van der Waals surface area contributed by atoms with E-state index in [1.165, 1.54) is 0 Å². The summed E-state index contributed by atoms with van der Waals surface area (Å²) >= 11 is 11.0. The van der Waals surface area contributed by atoms with Gasteiger partial charge in [-0.05, 0) is 15.9 Å². The third-order valence-corrected chi connectivity index (χ3v) is 4.54. The van der Waals surface area contributed by atoms with Gasteiger partial charge in [-0.3, -0.25) is 4.68 Å². The molecule has 0 radical (unpaired) electrons. The fraction of sp³-hybridized carbons (Fsp3) is 0.100. The van der Waals surface area contributed by atoms with Crippen molar-refractivity contribution in [2.24, 2.45) is 7.05 Å². The van der Waals surface area contributed by atoms with E-state index in [1.54, 1.807) is 28.4 Å². The second-order valence-electron chi connectivity index (χ2n) is 3.50. The SMILES string of the molecule is Cn1cc(-c2nc3c(Cl)cnc(Br)c3s2)cn1. The molecule has 3 heterocycles. The van der Waals surface area contributed by atoms with Crippen molar-refractivity contribution in [3.05, 3.63) is 28.2 Å². The highest BCUT2D eigenvalue weighted by atomic mass is 79.9. The minimum atomic E-state index is 0.564. The molecule has 0 fully saturated rings. The first-order valence-electron chi connectivity index (χ1n) is 4.74. The van der Waals surface area contributed by atoms with Crippen LogP contribution in [0.5, 0.6) is 0 Å². The fourth-order valence-corrected chi connectivity index (χ4v) is 3.23.